The molecule has 0 fully saturated rings. The Balaban J connectivity index is 2.01. The zero-order chi connectivity index (χ0) is 18.2. The zero-order valence-electron chi connectivity index (χ0n) is 14.0. The molecule has 7 nitrogen and oxygen atoms in total. The average Bonchev–Trinajstić information content (AvgIpc) is 2.60. The molecule has 2 aromatic rings. The van der Waals surface area contributed by atoms with Gasteiger partial charge in [0.05, 0.1) is 13.3 Å². The summed E-state index contributed by atoms with van der Waals surface area (Å²) in [6, 6.07) is 12.2. The first-order chi connectivity index (χ1) is 12.0. The number of nitrogens with zero attached hydrogens (tertiary/aromatic N) is 1. The van der Waals surface area contributed by atoms with Crippen LogP contribution in [0.15, 0.2) is 47.6 Å². The normalized spacial score (nSPS) is 10.5. The van der Waals surface area contributed by atoms with E-state index in [0.29, 0.717) is 22.6 Å². The smallest absolute Gasteiger partial charge is 0.271 e. The van der Waals surface area contributed by atoms with E-state index in [4.69, 9.17) is 15.2 Å². The summed E-state index contributed by atoms with van der Waals surface area (Å²) in [4.78, 5) is 22.7. The van der Waals surface area contributed by atoms with Crippen LogP contribution in [0.3, 0.4) is 0 Å². The molecule has 2 rings (SSSR count). The van der Waals surface area contributed by atoms with Crippen molar-refractivity contribution in [3.63, 3.8) is 0 Å². The molecule has 0 saturated carbocycles. The molecular weight excluding hydrogens is 322 g/mol. The number of benzene rings is 2. The maximum Gasteiger partial charge on any atom is 0.271 e. The third-order valence-electron chi connectivity index (χ3n) is 3.25. The molecule has 0 aromatic heterocycles. The molecule has 0 aliphatic carbocycles. The van der Waals surface area contributed by atoms with E-state index in [1.807, 2.05) is 19.1 Å². The molecule has 0 aliphatic rings. The number of methoxy groups -OCH3 is 1. The minimum absolute atomic E-state index is 0.240. The molecule has 0 unspecified atom stereocenters. The third kappa shape index (κ3) is 5.35. The van der Waals surface area contributed by atoms with Crippen molar-refractivity contribution in [2.24, 2.45) is 10.8 Å². The summed E-state index contributed by atoms with van der Waals surface area (Å²) in [7, 11) is 1.48. The second-order valence-electron chi connectivity index (χ2n) is 5.23. The Labute approximate surface area is 145 Å². The van der Waals surface area contributed by atoms with Gasteiger partial charge in [-0.2, -0.15) is 5.10 Å². The summed E-state index contributed by atoms with van der Waals surface area (Å²) in [5.74, 6) is -0.0617. The van der Waals surface area contributed by atoms with Crippen LogP contribution in [-0.4, -0.2) is 31.7 Å². The molecule has 0 heterocycles. The fourth-order valence-corrected chi connectivity index (χ4v) is 1.97. The van der Waals surface area contributed by atoms with Crippen molar-refractivity contribution in [2.75, 3.05) is 13.7 Å². The van der Waals surface area contributed by atoms with Crippen molar-refractivity contribution in [2.45, 2.75) is 6.92 Å². The minimum atomic E-state index is -0.577. The molecule has 0 radical (unpaired) electrons. The number of primary amides is 1. The van der Waals surface area contributed by atoms with Crippen molar-refractivity contribution in [1.29, 1.82) is 0 Å². The maximum absolute atomic E-state index is 12.0. The van der Waals surface area contributed by atoms with Crippen LogP contribution in [0.1, 0.15) is 21.5 Å². The minimum Gasteiger partial charge on any atom is -0.493 e. The number of hydrogen-bond donors (Lipinski definition) is 2. The van der Waals surface area contributed by atoms with Gasteiger partial charge in [-0.1, -0.05) is 17.7 Å². The number of carbonyl (C=O) groups excluding carboxylic acids is 2. The Morgan fingerprint density at radius 3 is 2.52 bits per heavy atom. The van der Waals surface area contributed by atoms with Gasteiger partial charge in [0.1, 0.15) is 0 Å². The molecule has 0 aliphatic heterocycles. The molecule has 2 amide bonds. The van der Waals surface area contributed by atoms with E-state index in [-0.39, 0.29) is 12.5 Å². The van der Waals surface area contributed by atoms with Gasteiger partial charge in [-0.25, -0.2) is 5.43 Å². The second kappa shape index (κ2) is 8.49. The summed E-state index contributed by atoms with van der Waals surface area (Å²) in [5, 5.41) is 3.92. The summed E-state index contributed by atoms with van der Waals surface area (Å²) in [6.45, 7) is 1.71. The molecule has 0 spiro atoms. The molecule has 25 heavy (non-hydrogen) atoms. The molecule has 3 N–H and O–H groups in total. The number of aryl methyl sites for hydroxylation is 1. The van der Waals surface area contributed by atoms with Gasteiger partial charge in [-0.05, 0) is 42.8 Å². The number of ether oxygens (including phenoxy) is 2. The lowest BCUT2D eigenvalue weighted by molar-refractivity contribution is -0.119. The summed E-state index contributed by atoms with van der Waals surface area (Å²) < 4.78 is 10.4. The molecule has 0 bridgehead atoms. The van der Waals surface area contributed by atoms with E-state index in [9.17, 15) is 9.59 Å². The quantitative estimate of drug-likeness (QED) is 0.590. The van der Waals surface area contributed by atoms with E-state index >= 15 is 0 Å². The van der Waals surface area contributed by atoms with Crippen molar-refractivity contribution < 1.29 is 19.1 Å². The zero-order valence-corrected chi connectivity index (χ0v) is 14.0. The lowest BCUT2D eigenvalue weighted by atomic mass is 10.1. The number of nitrogens with two attached hydrogens (primary N) is 1. The lowest BCUT2D eigenvalue weighted by Gasteiger charge is -2.09. The highest BCUT2D eigenvalue weighted by Crippen LogP contribution is 2.27. The molecule has 130 valence electrons. The Bertz CT molecular complexity index is 785. The predicted octanol–water partition coefficient (Wildman–Crippen LogP) is 1.63. The number of carbonyl (C=O) groups is 2. The summed E-state index contributed by atoms with van der Waals surface area (Å²) in [5.41, 5.74) is 9.79. The molecular formula is C18H19N3O4. The number of nitrogens with one attached hydrogen (secondary N) is 1. The molecule has 0 saturated heterocycles. The Morgan fingerprint density at radius 1 is 1.16 bits per heavy atom. The summed E-state index contributed by atoms with van der Waals surface area (Å²) >= 11 is 0. The Kier molecular flexibility index (Phi) is 6.11. The van der Waals surface area contributed by atoms with E-state index in [0.717, 1.165) is 5.56 Å². The van der Waals surface area contributed by atoms with Crippen molar-refractivity contribution in [3.05, 3.63) is 59.2 Å². The standard InChI is InChI=1S/C18H19N3O4/c1-12-3-6-14(7-4-12)18(23)21-20-10-13-5-8-15(16(9-13)24-2)25-11-17(19)22/h3-10H,11H2,1-2H3,(H2,19,22)(H,21,23)/b20-10+. The van der Waals surface area contributed by atoms with E-state index in [1.54, 1.807) is 30.3 Å². The van der Waals surface area contributed by atoms with Gasteiger partial charge in [0.2, 0.25) is 0 Å². The van der Waals surface area contributed by atoms with Crippen LogP contribution in [0.5, 0.6) is 11.5 Å². The maximum atomic E-state index is 12.0. The largest absolute Gasteiger partial charge is 0.493 e. The van der Waals surface area contributed by atoms with Crippen LogP contribution in [-0.2, 0) is 4.79 Å². The van der Waals surface area contributed by atoms with E-state index in [1.165, 1.54) is 13.3 Å². The van der Waals surface area contributed by atoms with E-state index < -0.39 is 5.91 Å². The SMILES string of the molecule is COc1cc(/C=N/NC(=O)c2ccc(C)cc2)ccc1OCC(N)=O. The van der Waals surface area contributed by atoms with Gasteiger partial charge in [0.25, 0.3) is 11.8 Å². The lowest BCUT2D eigenvalue weighted by Crippen LogP contribution is -2.20. The van der Waals surface area contributed by atoms with Gasteiger partial charge in [-0.15, -0.1) is 0 Å². The van der Waals surface area contributed by atoms with Gasteiger partial charge >= 0.3 is 0 Å². The van der Waals surface area contributed by atoms with Crippen molar-refractivity contribution in [3.8, 4) is 11.5 Å². The topological polar surface area (TPSA) is 103 Å². The van der Waals surface area contributed by atoms with Crippen LogP contribution in [0.4, 0.5) is 0 Å². The monoisotopic (exact) mass is 341 g/mol. The number of hydrogen-bond acceptors (Lipinski definition) is 5. The fraction of sp³-hybridized carbons (Fsp3) is 0.167. The second-order valence-corrected chi connectivity index (χ2v) is 5.23. The van der Waals surface area contributed by atoms with Crippen molar-refractivity contribution in [1.82, 2.24) is 5.43 Å². The van der Waals surface area contributed by atoms with Gasteiger partial charge in [0, 0.05) is 5.56 Å². The number of rotatable bonds is 7. The first-order valence-corrected chi connectivity index (χ1v) is 7.49. The highest BCUT2D eigenvalue weighted by atomic mass is 16.5. The van der Waals surface area contributed by atoms with Crippen LogP contribution in [0, 0.1) is 6.92 Å². The molecule has 7 heteroatoms. The van der Waals surface area contributed by atoms with Crippen LogP contribution < -0.4 is 20.6 Å². The van der Waals surface area contributed by atoms with Crippen LogP contribution >= 0.6 is 0 Å². The Hall–Kier alpha value is -3.35. The van der Waals surface area contributed by atoms with Crippen LogP contribution in [0.25, 0.3) is 0 Å². The number of hydrazone groups is 1. The molecule has 0 atom stereocenters. The Morgan fingerprint density at radius 2 is 1.88 bits per heavy atom. The van der Waals surface area contributed by atoms with Gasteiger partial charge in [0.15, 0.2) is 18.1 Å². The third-order valence-corrected chi connectivity index (χ3v) is 3.25. The van der Waals surface area contributed by atoms with Crippen LogP contribution in [0.2, 0.25) is 0 Å². The average molecular weight is 341 g/mol. The fourth-order valence-electron chi connectivity index (χ4n) is 1.97. The highest BCUT2D eigenvalue weighted by molar-refractivity contribution is 5.94. The van der Waals surface area contributed by atoms with Gasteiger partial charge < -0.3 is 15.2 Å². The van der Waals surface area contributed by atoms with Gasteiger partial charge in [-0.3, -0.25) is 9.59 Å². The first kappa shape index (κ1) is 18.0. The summed E-state index contributed by atoms with van der Waals surface area (Å²) in [6.07, 6.45) is 1.48. The first-order valence-electron chi connectivity index (χ1n) is 7.49. The molecule has 2 aromatic carbocycles. The highest BCUT2D eigenvalue weighted by Gasteiger charge is 2.07. The van der Waals surface area contributed by atoms with Crippen molar-refractivity contribution >= 4 is 18.0 Å². The predicted molar refractivity (Wildman–Crippen MR) is 93.9 cm³/mol. The van der Waals surface area contributed by atoms with E-state index in [2.05, 4.69) is 10.5 Å². The number of amides is 2.